The molecule has 0 saturated carbocycles. The molecule has 1 aromatic rings. The van der Waals surface area contributed by atoms with Gasteiger partial charge in [-0.25, -0.2) is 0 Å². The minimum absolute atomic E-state index is 0.0644. The second-order valence-electron chi connectivity index (χ2n) is 8.57. The maximum absolute atomic E-state index is 12.7. The van der Waals surface area contributed by atoms with Crippen LogP contribution in [-0.2, 0) is 4.79 Å². The number of aliphatic hydroxyl groups excluding tert-OH is 1. The molecule has 0 radical (unpaired) electrons. The Morgan fingerprint density at radius 3 is 2.18 bits per heavy atom. The number of likely N-dealkylation sites (tertiary alicyclic amines) is 1. The predicted octanol–water partition coefficient (Wildman–Crippen LogP) is 3.46. The van der Waals surface area contributed by atoms with E-state index >= 15 is 0 Å². The molecule has 1 aliphatic heterocycles. The molecular weight excluding hydrogens is 358 g/mol. The molecule has 0 aromatic heterocycles. The average Bonchev–Trinajstić information content (AvgIpc) is 2.86. The summed E-state index contributed by atoms with van der Waals surface area (Å²) in [5, 5.41) is 10.1. The number of nitrogens with zero attached hydrogens (tertiary/aromatic N) is 1. The number of amides is 1. The lowest BCUT2D eigenvalue weighted by molar-refractivity contribution is -0.131. The second kappa shape index (κ2) is 9.50. The van der Waals surface area contributed by atoms with Crippen LogP contribution in [0.25, 0.3) is 0 Å². The average molecular weight is 394 g/mol. The fraction of sp³-hybridized carbons (Fsp3) is 0.682. The van der Waals surface area contributed by atoms with Crippen LogP contribution in [0.1, 0.15) is 51.5 Å². The van der Waals surface area contributed by atoms with E-state index in [0.29, 0.717) is 36.1 Å². The van der Waals surface area contributed by atoms with Crippen LogP contribution in [0.4, 0.5) is 0 Å². The van der Waals surface area contributed by atoms with Crippen molar-refractivity contribution < 1.29 is 24.1 Å². The van der Waals surface area contributed by atoms with Crippen molar-refractivity contribution in [3.05, 3.63) is 17.7 Å². The zero-order valence-electron chi connectivity index (χ0n) is 18.1. The van der Waals surface area contributed by atoms with E-state index in [-0.39, 0.29) is 23.8 Å². The fourth-order valence-electron chi connectivity index (χ4n) is 3.97. The molecule has 0 spiro atoms. The van der Waals surface area contributed by atoms with Gasteiger partial charge < -0.3 is 24.2 Å². The molecule has 6 heteroatoms. The minimum atomic E-state index is -0.219. The lowest BCUT2D eigenvalue weighted by Gasteiger charge is -2.30. The molecule has 1 aliphatic rings. The number of carbonyl (C=O) groups is 1. The number of benzene rings is 1. The van der Waals surface area contributed by atoms with Crippen LogP contribution in [0, 0.1) is 11.3 Å². The highest BCUT2D eigenvalue weighted by Crippen LogP contribution is 2.40. The van der Waals surface area contributed by atoms with Crippen molar-refractivity contribution in [1.29, 1.82) is 0 Å². The normalized spacial score (nSPS) is 19.2. The van der Waals surface area contributed by atoms with E-state index in [0.717, 1.165) is 24.9 Å². The third-order valence-corrected chi connectivity index (χ3v) is 5.85. The predicted molar refractivity (Wildman–Crippen MR) is 109 cm³/mol. The SMILES string of the molecule is COc1cc([C@@H](CO)CN2CC[C@@H](C(C)(C)C)CCC2=O)cc(OC)c1OC. The summed E-state index contributed by atoms with van der Waals surface area (Å²) in [6.07, 6.45) is 2.48. The van der Waals surface area contributed by atoms with Crippen molar-refractivity contribution in [2.24, 2.45) is 11.3 Å². The van der Waals surface area contributed by atoms with Gasteiger partial charge in [-0.05, 0) is 41.9 Å². The Hall–Kier alpha value is -1.95. The zero-order chi connectivity index (χ0) is 20.9. The number of methoxy groups -OCH3 is 3. The summed E-state index contributed by atoms with van der Waals surface area (Å²) in [4.78, 5) is 14.6. The molecule has 1 heterocycles. The highest BCUT2D eigenvalue weighted by atomic mass is 16.5. The van der Waals surface area contributed by atoms with Crippen LogP contribution in [0.15, 0.2) is 12.1 Å². The first kappa shape index (κ1) is 22.3. The van der Waals surface area contributed by atoms with E-state index in [4.69, 9.17) is 14.2 Å². The summed E-state index contributed by atoms with van der Waals surface area (Å²) < 4.78 is 16.2. The monoisotopic (exact) mass is 393 g/mol. The van der Waals surface area contributed by atoms with Gasteiger partial charge >= 0.3 is 0 Å². The van der Waals surface area contributed by atoms with Gasteiger partial charge in [0.25, 0.3) is 0 Å². The van der Waals surface area contributed by atoms with E-state index in [1.54, 1.807) is 21.3 Å². The highest BCUT2D eigenvalue weighted by molar-refractivity contribution is 5.76. The van der Waals surface area contributed by atoms with Crippen LogP contribution in [0.2, 0.25) is 0 Å². The Morgan fingerprint density at radius 1 is 1.11 bits per heavy atom. The number of ether oxygens (including phenoxy) is 3. The van der Waals surface area contributed by atoms with Crippen LogP contribution in [0.5, 0.6) is 17.2 Å². The molecule has 1 saturated heterocycles. The molecule has 1 fully saturated rings. The lowest BCUT2D eigenvalue weighted by atomic mass is 9.77. The number of hydrogen-bond donors (Lipinski definition) is 1. The third-order valence-electron chi connectivity index (χ3n) is 5.85. The molecule has 1 N–H and O–H groups in total. The zero-order valence-corrected chi connectivity index (χ0v) is 18.1. The van der Waals surface area contributed by atoms with E-state index in [9.17, 15) is 9.90 Å². The molecule has 0 bridgehead atoms. The van der Waals surface area contributed by atoms with Gasteiger partial charge in [-0.3, -0.25) is 4.79 Å². The summed E-state index contributed by atoms with van der Waals surface area (Å²) in [7, 11) is 4.70. The maximum atomic E-state index is 12.7. The summed E-state index contributed by atoms with van der Waals surface area (Å²) in [6.45, 7) is 7.86. The lowest BCUT2D eigenvalue weighted by Crippen LogP contribution is -2.35. The smallest absolute Gasteiger partial charge is 0.222 e. The Kier molecular flexibility index (Phi) is 7.58. The Morgan fingerprint density at radius 2 is 1.71 bits per heavy atom. The Labute approximate surface area is 168 Å². The molecule has 158 valence electrons. The third kappa shape index (κ3) is 5.10. The first-order chi connectivity index (χ1) is 13.2. The first-order valence-electron chi connectivity index (χ1n) is 9.93. The van der Waals surface area contributed by atoms with Gasteiger partial charge in [-0.2, -0.15) is 0 Å². The van der Waals surface area contributed by atoms with Gasteiger partial charge in [0.1, 0.15) is 0 Å². The van der Waals surface area contributed by atoms with Crippen molar-refractivity contribution >= 4 is 5.91 Å². The van der Waals surface area contributed by atoms with Gasteiger partial charge in [0, 0.05) is 25.4 Å². The largest absolute Gasteiger partial charge is 0.493 e. The molecule has 1 aromatic carbocycles. The molecule has 6 nitrogen and oxygen atoms in total. The topological polar surface area (TPSA) is 68.2 Å². The maximum Gasteiger partial charge on any atom is 0.222 e. The Bertz CT molecular complexity index is 642. The van der Waals surface area contributed by atoms with Crippen molar-refractivity contribution in [2.45, 2.75) is 46.0 Å². The number of rotatable bonds is 7. The summed E-state index contributed by atoms with van der Waals surface area (Å²) in [6, 6.07) is 3.70. The van der Waals surface area contributed by atoms with E-state index in [2.05, 4.69) is 20.8 Å². The first-order valence-corrected chi connectivity index (χ1v) is 9.93. The molecule has 0 unspecified atom stereocenters. The van der Waals surface area contributed by atoms with Gasteiger partial charge in [-0.15, -0.1) is 0 Å². The molecule has 2 atom stereocenters. The quantitative estimate of drug-likeness (QED) is 0.768. The number of hydrogen-bond acceptors (Lipinski definition) is 5. The van der Waals surface area contributed by atoms with Gasteiger partial charge in [0.2, 0.25) is 11.7 Å². The van der Waals surface area contributed by atoms with Gasteiger partial charge in [-0.1, -0.05) is 20.8 Å². The van der Waals surface area contributed by atoms with Crippen LogP contribution < -0.4 is 14.2 Å². The van der Waals surface area contributed by atoms with Gasteiger partial charge in [0.15, 0.2) is 11.5 Å². The van der Waals surface area contributed by atoms with Crippen LogP contribution in [-0.4, -0.2) is 56.9 Å². The summed E-state index contributed by atoms with van der Waals surface area (Å²) in [5.74, 6) is 2.08. The number of aliphatic hydroxyl groups is 1. The second-order valence-corrected chi connectivity index (χ2v) is 8.57. The molecule has 1 amide bonds. The van der Waals surface area contributed by atoms with Crippen molar-refractivity contribution in [1.82, 2.24) is 4.90 Å². The van der Waals surface area contributed by atoms with Crippen molar-refractivity contribution in [3.8, 4) is 17.2 Å². The van der Waals surface area contributed by atoms with E-state index < -0.39 is 0 Å². The molecule has 2 rings (SSSR count). The highest BCUT2D eigenvalue weighted by Gasteiger charge is 2.31. The number of carbonyl (C=O) groups excluding carboxylic acids is 1. The van der Waals surface area contributed by atoms with Crippen LogP contribution >= 0.6 is 0 Å². The van der Waals surface area contributed by atoms with Gasteiger partial charge in [0.05, 0.1) is 27.9 Å². The summed E-state index contributed by atoms with van der Waals surface area (Å²) in [5.41, 5.74) is 1.06. The summed E-state index contributed by atoms with van der Waals surface area (Å²) >= 11 is 0. The molecule has 0 aliphatic carbocycles. The van der Waals surface area contributed by atoms with E-state index in [1.165, 1.54) is 0 Å². The molecule has 28 heavy (non-hydrogen) atoms. The standard InChI is InChI=1S/C22H35NO5/c1-22(2,3)17-7-8-20(25)23(10-9-17)13-16(14-24)15-11-18(26-4)21(28-6)19(12-15)27-5/h11-12,16-17,24H,7-10,13-14H2,1-6H3/t16-,17+/m1/s1. The minimum Gasteiger partial charge on any atom is -0.493 e. The van der Waals surface area contributed by atoms with Crippen molar-refractivity contribution in [3.63, 3.8) is 0 Å². The van der Waals surface area contributed by atoms with Crippen LogP contribution in [0.3, 0.4) is 0 Å². The van der Waals surface area contributed by atoms with Crippen molar-refractivity contribution in [2.75, 3.05) is 41.0 Å². The Balaban J connectivity index is 2.23. The van der Waals surface area contributed by atoms with E-state index in [1.807, 2.05) is 17.0 Å². The molecular formula is C22H35NO5. The fourth-order valence-corrected chi connectivity index (χ4v) is 3.97.